The third kappa shape index (κ3) is 1.85. The number of hydrogen-bond donors (Lipinski definition) is 1. The second kappa shape index (κ2) is 4.09. The van der Waals surface area contributed by atoms with Gasteiger partial charge in [-0.05, 0) is 19.3 Å². The molecule has 13 heavy (non-hydrogen) atoms. The van der Waals surface area contributed by atoms with Crippen LogP contribution < -0.4 is 5.32 Å². The van der Waals surface area contributed by atoms with Gasteiger partial charge in [0, 0.05) is 6.04 Å². The van der Waals surface area contributed by atoms with E-state index in [4.69, 9.17) is 4.74 Å². The van der Waals surface area contributed by atoms with Gasteiger partial charge < -0.3 is 4.74 Å². The topological polar surface area (TPSA) is 38.3 Å². The van der Waals surface area contributed by atoms with Gasteiger partial charge in [0.2, 0.25) is 0 Å². The molecule has 1 unspecified atom stereocenters. The van der Waals surface area contributed by atoms with Crippen LogP contribution in [0.1, 0.15) is 40.0 Å². The Bertz CT molecular complexity index is 187. The molecule has 1 fully saturated rings. The van der Waals surface area contributed by atoms with Crippen LogP contribution in [0.4, 0.5) is 0 Å². The van der Waals surface area contributed by atoms with E-state index in [9.17, 15) is 4.79 Å². The number of rotatable bonds is 3. The number of carbonyl (C=O) groups excluding carboxylic acids is 1. The van der Waals surface area contributed by atoms with Gasteiger partial charge in [-0.3, -0.25) is 10.1 Å². The second-order valence-electron chi connectivity index (χ2n) is 3.64. The van der Waals surface area contributed by atoms with Crippen LogP contribution in [0.2, 0.25) is 0 Å². The Morgan fingerprint density at radius 1 is 1.46 bits per heavy atom. The predicted molar refractivity (Wildman–Crippen MR) is 51.5 cm³/mol. The van der Waals surface area contributed by atoms with Crippen LogP contribution in [0.3, 0.4) is 0 Å². The quantitative estimate of drug-likeness (QED) is 0.677. The lowest BCUT2D eigenvalue weighted by atomic mass is 9.90. The molecule has 76 valence electrons. The van der Waals surface area contributed by atoms with Crippen molar-refractivity contribution in [1.29, 1.82) is 0 Å². The molecule has 1 aliphatic heterocycles. The molecule has 0 aromatic rings. The van der Waals surface area contributed by atoms with Crippen molar-refractivity contribution in [1.82, 2.24) is 5.32 Å². The number of morpholine rings is 1. The van der Waals surface area contributed by atoms with E-state index < -0.39 is 5.54 Å². The van der Waals surface area contributed by atoms with Crippen LogP contribution in [0.15, 0.2) is 0 Å². The Labute approximate surface area is 79.8 Å². The second-order valence-corrected chi connectivity index (χ2v) is 3.64. The summed E-state index contributed by atoms with van der Waals surface area (Å²) < 4.78 is 5.18. The average molecular weight is 185 g/mol. The maximum atomic E-state index is 11.6. The molecule has 1 aliphatic rings. The fraction of sp³-hybridized carbons (Fsp3) is 0.900. The highest BCUT2D eigenvalue weighted by molar-refractivity contribution is 5.81. The zero-order chi connectivity index (χ0) is 9.90. The molecule has 0 amide bonds. The van der Waals surface area contributed by atoms with Crippen molar-refractivity contribution in [2.45, 2.75) is 51.6 Å². The van der Waals surface area contributed by atoms with Crippen molar-refractivity contribution in [3.8, 4) is 0 Å². The maximum absolute atomic E-state index is 11.6. The van der Waals surface area contributed by atoms with Crippen LogP contribution in [0, 0.1) is 0 Å². The summed E-state index contributed by atoms with van der Waals surface area (Å²) in [6, 6.07) is 0.331. The van der Waals surface area contributed by atoms with E-state index in [-0.39, 0.29) is 5.97 Å². The maximum Gasteiger partial charge on any atom is 0.326 e. The van der Waals surface area contributed by atoms with E-state index >= 15 is 0 Å². The lowest BCUT2D eigenvalue weighted by molar-refractivity contribution is -0.159. The summed E-state index contributed by atoms with van der Waals surface area (Å²) in [4.78, 5) is 11.6. The van der Waals surface area contributed by atoms with Crippen molar-refractivity contribution >= 4 is 5.97 Å². The molecule has 1 heterocycles. The molecule has 1 rings (SSSR count). The molecule has 0 aromatic carbocycles. The molecular weight excluding hydrogens is 166 g/mol. The summed E-state index contributed by atoms with van der Waals surface area (Å²) >= 11 is 0. The van der Waals surface area contributed by atoms with Crippen molar-refractivity contribution in [3.63, 3.8) is 0 Å². The van der Waals surface area contributed by atoms with E-state index in [0.717, 1.165) is 19.3 Å². The van der Waals surface area contributed by atoms with E-state index in [1.165, 1.54) is 0 Å². The fourth-order valence-corrected chi connectivity index (χ4v) is 1.77. The molecule has 1 N–H and O–H groups in total. The Hall–Kier alpha value is -0.570. The summed E-state index contributed by atoms with van der Waals surface area (Å²) in [6.45, 7) is 6.68. The van der Waals surface area contributed by atoms with Gasteiger partial charge in [0.1, 0.15) is 12.1 Å². The van der Waals surface area contributed by atoms with Gasteiger partial charge in [-0.1, -0.05) is 20.8 Å². The Morgan fingerprint density at radius 3 is 2.54 bits per heavy atom. The predicted octanol–water partition coefficient (Wildman–Crippen LogP) is 1.47. The molecule has 0 aliphatic carbocycles. The Balaban J connectivity index is 2.73. The first-order valence-corrected chi connectivity index (χ1v) is 5.13. The number of nitrogens with one attached hydrogen (secondary N) is 1. The molecular formula is C10H19NO2. The molecule has 3 heteroatoms. The molecule has 0 saturated carbocycles. The summed E-state index contributed by atoms with van der Waals surface area (Å²) in [5.41, 5.74) is -0.418. The SMILES string of the molecule is CCC1COC(=O)C(CC)(CC)N1. The number of ether oxygens (including phenoxy) is 1. The molecule has 1 saturated heterocycles. The third-order valence-electron chi connectivity index (χ3n) is 2.99. The smallest absolute Gasteiger partial charge is 0.326 e. The van der Waals surface area contributed by atoms with Crippen molar-refractivity contribution in [2.75, 3.05) is 6.61 Å². The highest BCUT2D eigenvalue weighted by atomic mass is 16.5. The van der Waals surface area contributed by atoms with E-state index in [2.05, 4.69) is 12.2 Å². The highest BCUT2D eigenvalue weighted by Crippen LogP contribution is 2.22. The third-order valence-corrected chi connectivity index (χ3v) is 2.99. The minimum atomic E-state index is -0.418. The largest absolute Gasteiger partial charge is 0.463 e. The number of cyclic esters (lactones) is 1. The number of esters is 1. The molecule has 0 bridgehead atoms. The van der Waals surface area contributed by atoms with Crippen molar-refractivity contribution < 1.29 is 9.53 Å². The van der Waals surface area contributed by atoms with Gasteiger partial charge in [-0.25, -0.2) is 0 Å². The normalized spacial score (nSPS) is 27.0. The van der Waals surface area contributed by atoms with E-state index in [1.54, 1.807) is 0 Å². The van der Waals surface area contributed by atoms with Gasteiger partial charge in [-0.15, -0.1) is 0 Å². The lowest BCUT2D eigenvalue weighted by Gasteiger charge is -2.39. The summed E-state index contributed by atoms with van der Waals surface area (Å²) in [5.74, 6) is -0.0813. The van der Waals surface area contributed by atoms with Crippen molar-refractivity contribution in [2.24, 2.45) is 0 Å². The zero-order valence-electron chi connectivity index (χ0n) is 8.72. The van der Waals surface area contributed by atoms with Gasteiger partial charge >= 0.3 is 5.97 Å². The van der Waals surface area contributed by atoms with Gasteiger partial charge in [0.05, 0.1) is 0 Å². The molecule has 0 aromatic heterocycles. The zero-order valence-corrected chi connectivity index (χ0v) is 8.72. The van der Waals surface area contributed by atoms with Crippen LogP contribution in [0.5, 0.6) is 0 Å². The van der Waals surface area contributed by atoms with Crippen LogP contribution in [-0.4, -0.2) is 24.2 Å². The van der Waals surface area contributed by atoms with E-state index in [1.807, 2.05) is 13.8 Å². The standard InChI is InChI=1S/C10H19NO2/c1-4-8-7-13-9(12)10(5-2,6-3)11-8/h8,11H,4-7H2,1-3H3. The number of hydrogen-bond acceptors (Lipinski definition) is 3. The molecule has 0 radical (unpaired) electrons. The summed E-state index contributed by atoms with van der Waals surface area (Å²) in [6.07, 6.45) is 2.62. The first-order chi connectivity index (χ1) is 6.18. The Kier molecular flexibility index (Phi) is 3.31. The fourth-order valence-electron chi connectivity index (χ4n) is 1.77. The highest BCUT2D eigenvalue weighted by Gasteiger charge is 2.41. The first-order valence-electron chi connectivity index (χ1n) is 5.13. The van der Waals surface area contributed by atoms with Gasteiger partial charge in [-0.2, -0.15) is 0 Å². The minimum Gasteiger partial charge on any atom is -0.463 e. The van der Waals surface area contributed by atoms with Crippen LogP contribution in [0.25, 0.3) is 0 Å². The average Bonchev–Trinajstić information content (AvgIpc) is 2.19. The molecule has 3 nitrogen and oxygen atoms in total. The number of carbonyl (C=O) groups is 1. The minimum absolute atomic E-state index is 0.0813. The first kappa shape index (κ1) is 10.5. The van der Waals surface area contributed by atoms with E-state index in [0.29, 0.717) is 12.6 Å². The molecule has 0 spiro atoms. The summed E-state index contributed by atoms with van der Waals surface area (Å²) in [7, 11) is 0. The van der Waals surface area contributed by atoms with Crippen LogP contribution in [-0.2, 0) is 9.53 Å². The monoisotopic (exact) mass is 185 g/mol. The van der Waals surface area contributed by atoms with Gasteiger partial charge in [0.15, 0.2) is 0 Å². The van der Waals surface area contributed by atoms with Crippen LogP contribution >= 0.6 is 0 Å². The Morgan fingerprint density at radius 2 is 2.08 bits per heavy atom. The lowest BCUT2D eigenvalue weighted by Crippen LogP contribution is -2.61. The van der Waals surface area contributed by atoms with Gasteiger partial charge in [0.25, 0.3) is 0 Å². The van der Waals surface area contributed by atoms with Crippen molar-refractivity contribution in [3.05, 3.63) is 0 Å². The molecule has 1 atom stereocenters. The summed E-state index contributed by atoms with van der Waals surface area (Å²) in [5, 5.41) is 3.39.